The summed E-state index contributed by atoms with van der Waals surface area (Å²) in [6.45, 7) is 2.76. The zero-order valence-corrected chi connectivity index (χ0v) is 23.3. The van der Waals surface area contributed by atoms with Crippen molar-refractivity contribution in [2.24, 2.45) is 11.8 Å². The molecule has 4 rings (SSSR count). The maximum absolute atomic E-state index is 11.4. The van der Waals surface area contributed by atoms with Crippen LogP contribution in [-0.4, -0.2) is 52.8 Å². The van der Waals surface area contributed by atoms with Gasteiger partial charge in [-0.05, 0) is 111 Å². The van der Waals surface area contributed by atoms with Crippen LogP contribution in [0.4, 0.5) is 0 Å². The molecule has 0 saturated carbocycles. The molecule has 2 unspecified atom stereocenters. The molecule has 1 fully saturated rings. The van der Waals surface area contributed by atoms with Crippen LogP contribution in [0.3, 0.4) is 0 Å². The molecule has 8 heteroatoms. The van der Waals surface area contributed by atoms with Crippen LogP contribution in [0.1, 0.15) is 55.8 Å². The number of carboxylic acid groups (broad SMARTS) is 1. The molecular formula is C30H36Cl2N2O4. The number of methoxy groups -OCH3 is 1. The van der Waals surface area contributed by atoms with Gasteiger partial charge in [-0.1, -0.05) is 29.3 Å². The third-order valence-corrected chi connectivity index (χ3v) is 8.53. The number of nitrogens with zero attached hydrogens (tertiary/aromatic N) is 2. The summed E-state index contributed by atoms with van der Waals surface area (Å²) >= 11 is 12.7. The fourth-order valence-electron chi connectivity index (χ4n) is 5.72. The zero-order chi connectivity index (χ0) is 27.1. The summed E-state index contributed by atoms with van der Waals surface area (Å²) in [7, 11) is 1.63. The SMILES string of the molecule is COc1ccc2nccc([C@@H](O)CCC3CCN(CCCc4c(Cl)cccc4Cl)CC3CCC(=O)O)c2c1. The van der Waals surface area contributed by atoms with E-state index >= 15 is 0 Å². The molecular weight excluding hydrogens is 523 g/mol. The number of likely N-dealkylation sites (tertiary alicyclic amines) is 1. The van der Waals surface area contributed by atoms with Gasteiger partial charge in [0.25, 0.3) is 0 Å². The zero-order valence-electron chi connectivity index (χ0n) is 21.8. The predicted molar refractivity (Wildman–Crippen MR) is 152 cm³/mol. The van der Waals surface area contributed by atoms with E-state index in [4.69, 9.17) is 27.9 Å². The maximum atomic E-state index is 11.4. The van der Waals surface area contributed by atoms with Crippen LogP contribution in [0.25, 0.3) is 10.9 Å². The first-order valence-electron chi connectivity index (χ1n) is 13.3. The predicted octanol–water partition coefficient (Wildman–Crippen LogP) is 6.80. The van der Waals surface area contributed by atoms with E-state index in [9.17, 15) is 15.0 Å². The van der Waals surface area contributed by atoms with Crippen LogP contribution < -0.4 is 4.74 Å². The second kappa shape index (κ2) is 13.6. The summed E-state index contributed by atoms with van der Waals surface area (Å²) in [4.78, 5) is 18.2. The number of hydrogen-bond acceptors (Lipinski definition) is 5. The summed E-state index contributed by atoms with van der Waals surface area (Å²) in [5.74, 6) is 0.634. The van der Waals surface area contributed by atoms with E-state index < -0.39 is 12.1 Å². The number of pyridine rings is 1. The fourth-order valence-corrected chi connectivity index (χ4v) is 6.30. The number of carbonyl (C=O) groups is 1. The lowest BCUT2D eigenvalue weighted by Crippen LogP contribution is -2.41. The molecule has 0 aliphatic carbocycles. The second-order valence-corrected chi connectivity index (χ2v) is 11.0. The first-order valence-corrected chi connectivity index (χ1v) is 14.1. The minimum Gasteiger partial charge on any atom is -0.497 e. The van der Waals surface area contributed by atoms with E-state index in [-0.39, 0.29) is 12.3 Å². The minimum absolute atomic E-state index is 0.168. The van der Waals surface area contributed by atoms with Gasteiger partial charge in [-0.2, -0.15) is 0 Å². The van der Waals surface area contributed by atoms with Crippen LogP contribution in [0.2, 0.25) is 10.0 Å². The van der Waals surface area contributed by atoms with Crippen molar-refractivity contribution < 1.29 is 19.7 Å². The first kappa shape index (κ1) is 28.6. The number of piperidine rings is 1. The molecule has 2 aromatic carbocycles. The summed E-state index contributed by atoms with van der Waals surface area (Å²) < 4.78 is 5.37. The quantitative estimate of drug-likeness (QED) is 0.254. The van der Waals surface area contributed by atoms with Gasteiger partial charge in [-0.3, -0.25) is 9.78 Å². The van der Waals surface area contributed by atoms with E-state index in [1.54, 1.807) is 13.3 Å². The number of fused-ring (bicyclic) bond motifs is 1. The van der Waals surface area contributed by atoms with Gasteiger partial charge in [-0.25, -0.2) is 0 Å². The lowest BCUT2D eigenvalue weighted by molar-refractivity contribution is -0.137. The summed E-state index contributed by atoms with van der Waals surface area (Å²) in [6.07, 6.45) is 6.15. The Hall–Kier alpha value is -2.38. The second-order valence-electron chi connectivity index (χ2n) is 10.2. The Morgan fingerprint density at radius 3 is 2.68 bits per heavy atom. The lowest BCUT2D eigenvalue weighted by atomic mass is 9.79. The summed E-state index contributed by atoms with van der Waals surface area (Å²) in [6, 6.07) is 13.2. The molecule has 3 atom stereocenters. The third kappa shape index (κ3) is 7.38. The largest absolute Gasteiger partial charge is 0.497 e. The van der Waals surface area contributed by atoms with E-state index in [1.807, 2.05) is 42.5 Å². The van der Waals surface area contributed by atoms with Crippen molar-refractivity contribution in [3.05, 3.63) is 69.8 Å². The number of hydrogen-bond donors (Lipinski definition) is 2. The molecule has 2 N–H and O–H groups in total. The summed E-state index contributed by atoms with van der Waals surface area (Å²) in [5.41, 5.74) is 2.67. The fraction of sp³-hybridized carbons (Fsp3) is 0.467. The molecule has 6 nitrogen and oxygen atoms in total. The van der Waals surface area contributed by atoms with Crippen molar-refractivity contribution in [3.63, 3.8) is 0 Å². The molecule has 0 bridgehead atoms. The topological polar surface area (TPSA) is 82.9 Å². The van der Waals surface area contributed by atoms with Gasteiger partial charge in [0.05, 0.1) is 18.7 Å². The first-order chi connectivity index (χ1) is 18.4. The monoisotopic (exact) mass is 558 g/mol. The van der Waals surface area contributed by atoms with E-state index in [0.717, 1.165) is 73.1 Å². The number of carboxylic acids is 1. The van der Waals surface area contributed by atoms with Crippen LogP contribution in [0.5, 0.6) is 5.75 Å². The van der Waals surface area contributed by atoms with Gasteiger partial charge in [-0.15, -0.1) is 0 Å². The van der Waals surface area contributed by atoms with Gasteiger partial charge < -0.3 is 19.8 Å². The highest BCUT2D eigenvalue weighted by molar-refractivity contribution is 6.35. The molecule has 1 aliphatic rings. The molecule has 2 heterocycles. The number of rotatable bonds is 12. The minimum atomic E-state index is -0.758. The number of halogens is 2. The Balaban J connectivity index is 1.36. The summed E-state index contributed by atoms with van der Waals surface area (Å²) in [5, 5.41) is 22.8. The molecule has 38 heavy (non-hydrogen) atoms. The van der Waals surface area contributed by atoms with Crippen molar-refractivity contribution in [3.8, 4) is 5.75 Å². The van der Waals surface area contributed by atoms with E-state index in [2.05, 4.69) is 9.88 Å². The van der Waals surface area contributed by atoms with Crippen LogP contribution >= 0.6 is 23.2 Å². The molecule has 1 aliphatic heterocycles. The Morgan fingerprint density at radius 2 is 1.95 bits per heavy atom. The highest BCUT2D eigenvalue weighted by atomic mass is 35.5. The van der Waals surface area contributed by atoms with E-state index in [0.29, 0.717) is 28.8 Å². The number of benzene rings is 2. The Bertz CT molecular complexity index is 1220. The normalized spacial score (nSPS) is 18.9. The third-order valence-electron chi connectivity index (χ3n) is 7.82. The number of ether oxygens (including phenoxy) is 1. The highest BCUT2D eigenvalue weighted by Crippen LogP contribution is 2.35. The van der Waals surface area contributed by atoms with Gasteiger partial charge in [0.15, 0.2) is 0 Å². The van der Waals surface area contributed by atoms with Crippen LogP contribution in [-0.2, 0) is 11.2 Å². The van der Waals surface area contributed by atoms with Crippen molar-refractivity contribution in [2.45, 2.75) is 51.0 Å². The average molecular weight is 560 g/mol. The molecule has 1 saturated heterocycles. The van der Waals surface area contributed by atoms with Gasteiger partial charge in [0, 0.05) is 34.6 Å². The van der Waals surface area contributed by atoms with Gasteiger partial charge in [0.2, 0.25) is 0 Å². The maximum Gasteiger partial charge on any atom is 0.303 e. The Kier molecular flexibility index (Phi) is 10.3. The van der Waals surface area contributed by atoms with Crippen molar-refractivity contribution >= 4 is 40.1 Å². The number of aliphatic carboxylic acids is 1. The highest BCUT2D eigenvalue weighted by Gasteiger charge is 2.30. The number of aliphatic hydroxyl groups is 1. The van der Waals surface area contributed by atoms with Gasteiger partial charge >= 0.3 is 5.97 Å². The average Bonchev–Trinajstić information content (AvgIpc) is 2.92. The Labute approximate surface area is 234 Å². The van der Waals surface area contributed by atoms with Crippen molar-refractivity contribution in [1.29, 1.82) is 0 Å². The van der Waals surface area contributed by atoms with Crippen LogP contribution in [0.15, 0.2) is 48.7 Å². The lowest BCUT2D eigenvalue weighted by Gasteiger charge is -2.39. The molecule has 1 aromatic heterocycles. The smallest absolute Gasteiger partial charge is 0.303 e. The standard InChI is InChI=1S/C30H36Cl2N2O4/c1-38-22-9-10-28-25(18-22)23(13-15-33-28)29(35)11-7-20-14-17-34(19-21(20)8-12-30(36)37)16-3-4-24-26(31)5-2-6-27(24)32/h2,5-6,9-10,13,15,18,20-21,29,35H,3-4,7-8,11-12,14,16-17,19H2,1H3,(H,36,37)/t20?,21?,29-/m0/s1. The van der Waals surface area contributed by atoms with Gasteiger partial charge in [0.1, 0.15) is 5.75 Å². The molecule has 204 valence electrons. The molecule has 0 radical (unpaired) electrons. The number of aliphatic hydroxyl groups excluding tert-OH is 1. The number of aromatic nitrogens is 1. The Morgan fingerprint density at radius 1 is 1.16 bits per heavy atom. The van der Waals surface area contributed by atoms with Crippen molar-refractivity contribution in [1.82, 2.24) is 9.88 Å². The molecule has 0 spiro atoms. The molecule has 0 amide bonds. The van der Waals surface area contributed by atoms with E-state index in [1.165, 1.54) is 0 Å². The van der Waals surface area contributed by atoms with Crippen LogP contribution in [0, 0.1) is 11.8 Å². The van der Waals surface area contributed by atoms with Crippen molar-refractivity contribution in [2.75, 3.05) is 26.7 Å². The molecule has 3 aromatic rings.